The number of carbonyl (C=O) groups is 3. The molecule has 27 heavy (non-hydrogen) atoms. The van der Waals surface area contributed by atoms with E-state index in [4.69, 9.17) is 15.2 Å². The van der Waals surface area contributed by atoms with Crippen LogP contribution in [0.25, 0.3) is 0 Å². The fourth-order valence-electron chi connectivity index (χ4n) is 2.85. The zero-order chi connectivity index (χ0) is 19.8. The van der Waals surface area contributed by atoms with Crippen molar-refractivity contribution in [2.75, 3.05) is 31.2 Å². The van der Waals surface area contributed by atoms with Crippen LogP contribution in [-0.4, -0.2) is 61.3 Å². The molecule has 9 nitrogen and oxygen atoms in total. The Morgan fingerprint density at radius 3 is 2.85 bits per heavy atom. The lowest BCUT2D eigenvalue weighted by Crippen LogP contribution is -2.54. The van der Waals surface area contributed by atoms with Gasteiger partial charge >= 0.3 is 11.9 Å². The van der Waals surface area contributed by atoms with Crippen molar-refractivity contribution < 1.29 is 29.0 Å². The quantitative estimate of drug-likeness (QED) is 0.516. The fraction of sp³-hybridized carbons (Fsp3) is 0.500. The third kappa shape index (κ3) is 5.41. The van der Waals surface area contributed by atoms with E-state index in [1.165, 1.54) is 0 Å². The number of anilines is 1. The molecule has 9 heteroatoms. The normalized spacial score (nSPS) is 17.5. The number of hydrogen-bond donors (Lipinski definition) is 3. The Morgan fingerprint density at radius 2 is 2.19 bits per heavy atom. The summed E-state index contributed by atoms with van der Waals surface area (Å²) in [5, 5.41) is 12.2. The maximum Gasteiger partial charge on any atom is 0.323 e. The summed E-state index contributed by atoms with van der Waals surface area (Å²) in [5.41, 5.74) is 5.90. The van der Waals surface area contributed by atoms with Gasteiger partial charge in [0.25, 0.3) is 0 Å². The van der Waals surface area contributed by atoms with E-state index in [2.05, 4.69) is 5.32 Å². The lowest BCUT2D eigenvalue weighted by Gasteiger charge is -2.26. The predicted molar refractivity (Wildman–Crippen MR) is 97.6 cm³/mol. The molecule has 2 rings (SSSR count). The number of rotatable bonds is 9. The van der Waals surface area contributed by atoms with E-state index < -0.39 is 36.5 Å². The van der Waals surface area contributed by atoms with Crippen LogP contribution < -0.4 is 20.7 Å². The SMILES string of the molecule is CCOC(=O)[C@H](CCCN)NC1COc2ccccc2N(CC(=O)O)C1=O. The molecule has 1 aliphatic rings. The number of nitrogens with zero attached hydrogens (tertiary/aromatic N) is 1. The molecular weight excluding hydrogens is 354 g/mol. The molecule has 1 aliphatic heterocycles. The standard InChI is InChI=1S/C18H25N3O6/c1-2-26-18(25)12(6-5-9-19)20-13-11-27-15-8-4-3-7-14(15)21(17(13)24)10-16(22)23/h3-4,7-8,12-13,20H,2,5-6,9-11,19H2,1H3,(H,22,23)/t12-,13?/m0/s1. The number of esters is 1. The molecule has 0 radical (unpaired) electrons. The van der Waals surface area contributed by atoms with Gasteiger partial charge in [0.1, 0.15) is 31.0 Å². The smallest absolute Gasteiger partial charge is 0.323 e. The van der Waals surface area contributed by atoms with Gasteiger partial charge in [0.2, 0.25) is 5.91 Å². The highest BCUT2D eigenvalue weighted by Gasteiger charge is 2.35. The van der Waals surface area contributed by atoms with Crippen molar-refractivity contribution >= 4 is 23.5 Å². The molecule has 0 aliphatic carbocycles. The minimum atomic E-state index is -1.15. The second-order valence-electron chi connectivity index (χ2n) is 6.05. The van der Waals surface area contributed by atoms with Crippen LogP contribution in [0.15, 0.2) is 24.3 Å². The van der Waals surface area contributed by atoms with Crippen LogP contribution in [0.3, 0.4) is 0 Å². The first-order valence-electron chi connectivity index (χ1n) is 8.85. The van der Waals surface area contributed by atoms with Crippen LogP contribution in [-0.2, 0) is 19.1 Å². The van der Waals surface area contributed by atoms with Crippen LogP contribution in [0.2, 0.25) is 0 Å². The van der Waals surface area contributed by atoms with E-state index in [0.717, 1.165) is 4.90 Å². The largest absolute Gasteiger partial charge is 0.489 e. The number of ether oxygens (including phenoxy) is 2. The Balaban J connectivity index is 2.24. The summed E-state index contributed by atoms with van der Waals surface area (Å²) in [6.07, 6.45) is 0.961. The second-order valence-corrected chi connectivity index (χ2v) is 6.05. The first-order chi connectivity index (χ1) is 13.0. The van der Waals surface area contributed by atoms with Gasteiger partial charge in [-0.05, 0) is 38.4 Å². The Kier molecular flexibility index (Phi) is 7.56. The van der Waals surface area contributed by atoms with Crippen LogP contribution >= 0.6 is 0 Å². The molecule has 0 saturated carbocycles. The molecule has 1 amide bonds. The Hall–Kier alpha value is -2.65. The number of fused-ring (bicyclic) bond motifs is 1. The van der Waals surface area contributed by atoms with E-state index in [1.807, 2.05) is 0 Å². The maximum atomic E-state index is 13.0. The first kappa shape index (κ1) is 20.7. The van der Waals surface area contributed by atoms with Gasteiger partial charge in [-0.25, -0.2) is 0 Å². The van der Waals surface area contributed by atoms with Crippen molar-refractivity contribution in [2.45, 2.75) is 31.8 Å². The number of carboxylic acid groups (broad SMARTS) is 1. The number of benzene rings is 1. The molecule has 1 aromatic rings. The summed E-state index contributed by atoms with van der Waals surface area (Å²) in [6, 6.07) is 5.08. The van der Waals surface area contributed by atoms with Gasteiger partial charge in [0.15, 0.2) is 0 Å². The molecule has 2 atom stereocenters. The van der Waals surface area contributed by atoms with Gasteiger partial charge in [-0.3, -0.25) is 24.6 Å². The van der Waals surface area contributed by atoms with Crippen molar-refractivity contribution in [2.24, 2.45) is 5.73 Å². The Morgan fingerprint density at radius 1 is 1.44 bits per heavy atom. The van der Waals surface area contributed by atoms with E-state index in [-0.39, 0.29) is 13.2 Å². The highest BCUT2D eigenvalue weighted by molar-refractivity contribution is 6.02. The molecule has 0 bridgehead atoms. The molecule has 1 heterocycles. The van der Waals surface area contributed by atoms with Gasteiger partial charge in [-0.15, -0.1) is 0 Å². The first-order valence-corrected chi connectivity index (χ1v) is 8.85. The summed E-state index contributed by atoms with van der Waals surface area (Å²) in [5.74, 6) is -1.70. The number of carboxylic acids is 1. The van der Waals surface area contributed by atoms with Crippen molar-refractivity contribution in [3.63, 3.8) is 0 Å². The molecular formula is C18H25N3O6. The number of hydrogen-bond acceptors (Lipinski definition) is 7. The molecule has 0 fully saturated rings. The van der Waals surface area contributed by atoms with Crippen LogP contribution in [0, 0.1) is 0 Å². The van der Waals surface area contributed by atoms with E-state index in [9.17, 15) is 19.5 Å². The summed E-state index contributed by atoms with van der Waals surface area (Å²) in [4.78, 5) is 37.6. The maximum absolute atomic E-state index is 13.0. The van der Waals surface area contributed by atoms with Crippen molar-refractivity contribution in [3.05, 3.63) is 24.3 Å². The lowest BCUT2D eigenvalue weighted by atomic mass is 10.1. The lowest BCUT2D eigenvalue weighted by molar-refractivity contribution is -0.146. The van der Waals surface area contributed by atoms with Crippen molar-refractivity contribution in [1.29, 1.82) is 0 Å². The molecule has 0 saturated heterocycles. The van der Waals surface area contributed by atoms with Crippen molar-refractivity contribution in [3.8, 4) is 5.75 Å². The molecule has 0 spiro atoms. The van der Waals surface area contributed by atoms with Crippen LogP contribution in [0.5, 0.6) is 5.75 Å². The topological polar surface area (TPSA) is 131 Å². The van der Waals surface area contributed by atoms with E-state index in [1.54, 1.807) is 31.2 Å². The number of para-hydroxylation sites is 2. The van der Waals surface area contributed by atoms with Crippen molar-refractivity contribution in [1.82, 2.24) is 5.32 Å². The van der Waals surface area contributed by atoms with Gasteiger partial charge in [0.05, 0.1) is 12.3 Å². The number of nitrogens with two attached hydrogens (primary N) is 1. The second kappa shape index (κ2) is 9.89. The third-order valence-electron chi connectivity index (χ3n) is 4.09. The average molecular weight is 379 g/mol. The fourth-order valence-corrected chi connectivity index (χ4v) is 2.85. The summed E-state index contributed by atoms with van der Waals surface area (Å²) in [7, 11) is 0. The Labute approximate surface area is 157 Å². The molecule has 1 unspecified atom stereocenters. The zero-order valence-electron chi connectivity index (χ0n) is 15.2. The molecule has 1 aromatic carbocycles. The average Bonchev–Trinajstić information content (AvgIpc) is 2.77. The van der Waals surface area contributed by atoms with E-state index in [0.29, 0.717) is 30.8 Å². The predicted octanol–water partition coefficient (Wildman–Crippen LogP) is 0.125. The number of amides is 1. The van der Waals surface area contributed by atoms with Crippen LogP contribution in [0.1, 0.15) is 19.8 Å². The molecule has 4 N–H and O–H groups in total. The van der Waals surface area contributed by atoms with E-state index >= 15 is 0 Å². The highest BCUT2D eigenvalue weighted by atomic mass is 16.5. The van der Waals surface area contributed by atoms with Gasteiger partial charge in [0, 0.05) is 0 Å². The highest BCUT2D eigenvalue weighted by Crippen LogP contribution is 2.31. The minimum Gasteiger partial charge on any atom is -0.489 e. The summed E-state index contributed by atoms with van der Waals surface area (Å²) < 4.78 is 10.8. The van der Waals surface area contributed by atoms with Gasteiger partial charge in [-0.1, -0.05) is 12.1 Å². The Bertz CT molecular complexity index is 681. The summed E-state index contributed by atoms with van der Waals surface area (Å²) in [6.45, 7) is 1.76. The zero-order valence-corrected chi connectivity index (χ0v) is 15.2. The molecule has 148 valence electrons. The summed E-state index contributed by atoms with van der Waals surface area (Å²) >= 11 is 0. The number of aliphatic carboxylic acids is 1. The molecule has 0 aromatic heterocycles. The van der Waals surface area contributed by atoms with Gasteiger partial charge in [-0.2, -0.15) is 0 Å². The monoisotopic (exact) mass is 379 g/mol. The number of nitrogens with one attached hydrogen (secondary N) is 1. The van der Waals surface area contributed by atoms with Gasteiger partial charge < -0.3 is 20.3 Å². The van der Waals surface area contributed by atoms with Crippen LogP contribution in [0.4, 0.5) is 5.69 Å². The minimum absolute atomic E-state index is 0.0372. The third-order valence-corrected chi connectivity index (χ3v) is 4.09. The number of carbonyl (C=O) groups excluding carboxylic acids is 2.